The van der Waals surface area contributed by atoms with Crippen LogP contribution in [0.25, 0.3) is 0 Å². The molecule has 0 radical (unpaired) electrons. The molecule has 2 aromatic rings. The molecule has 0 amide bonds. The van der Waals surface area contributed by atoms with E-state index >= 15 is 0 Å². The van der Waals surface area contributed by atoms with Crippen molar-refractivity contribution in [2.45, 2.75) is 20.0 Å². The van der Waals surface area contributed by atoms with E-state index in [9.17, 15) is 19.6 Å². The largest absolute Gasteiger partial charge is 0.440 e. The number of hydrogen-bond acceptors (Lipinski definition) is 5. The number of aliphatic hydroxyl groups excluding tert-OH is 1. The van der Waals surface area contributed by atoms with Gasteiger partial charge in [0.15, 0.2) is 0 Å². The zero-order chi connectivity index (χ0) is 14.9. The number of ether oxygens (including phenoxy) is 1. The smallest absolute Gasteiger partial charge is 0.323 e. The van der Waals surface area contributed by atoms with Crippen molar-refractivity contribution in [3.05, 3.63) is 50.6 Å². The van der Waals surface area contributed by atoms with Crippen LogP contribution in [0.15, 0.2) is 24.3 Å². The fourth-order valence-electron chi connectivity index (χ4n) is 1.57. The summed E-state index contributed by atoms with van der Waals surface area (Å²) in [5.41, 5.74) is 0.419. The minimum Gasteiger partial charge on any atom is -0.440 e. The normalized spacial score (nSPS) is 12.2. The molecule has 1 aromatic carbocycles. The maximum Gasteiger partial charge on any atom is 0.323 e. The average molecular weight is 297 g/mol. The second-order valence-corrected chi connectivity index (χ2v) is 5.31. The first kappa shape index (κ1) is 14.4. The highest BCUT2D eigenvalue weighted by Crippen LogP contribution is 2.42. The van der Waals surface area contributed by atoms with E-state index in [0.29, 0.717) is 10.4 Å². The molecule has 0 aliphatic rings. The molecule has 1 N–H and O–H groups in total. The van der Waals surface area contributed by atoms with Gasteiger partial charge in [-0.1, -0.05) is 17.4 Å². The summed E-state index contributed by atoms with van der Waals surface area (Å²) >= 11 is 0.969. The molecule has 0 saturated carbocycles. The van der Waals surface area contributed by atoms with Crippen LogP contribution >= 0.6 is 11.3 Å². The second-order valence-electron chi connectivity index (χ2n) is 4.27. The molecule has 0 aliphatic heterocycles. The first-order chi connectivity index (χ1) is 9.38. The molecule has 0 bridgehead atoms. The van der Waals surface area contributed by atoms with Crippen molar-refractivity contribution >= 4 is 17.0 Å². The van der Waals surface area contributed by atoms with E-state index in [2.05, 4.69) is 0 Å². The van der Waals surface area contributed by atoms with E-state index in [4.69, 9.17) is 4.74 Å². The number of aliphatic hydroxyl groups is 1. The standard InChI is InChI=1S/C13H12FNO4S/c1-7-3-4-9(14)5-11(7)19-13-10(15(17)18)6-12(20-13)8(2)16/h3-6,8,16H,1-2H3/t8-/m1/s1. The van der Waals surface area contributed by atoms with Crippen molar-refractivity contribution < 1.29 is 19.2 Å². The van der Waals surface area contributed by atoms with Crippen LogP contribution in [0.2, 0.25) is 0 Å². The first-order valence-electron chi connectivity index (χ1n) is 5.78. The Morgan fingerprint density at radius 1 is 1.45 bits per heavy atom. The van der Waals surface area contributed by atoms with Crippen LogP contribution in [0.5, 0.6) is 10.8 Å². The quantitative estimate of drug-likeness (QED) is 0.685. The fraction of sp³-hybridized carbons (Fsp3) is 0.231. The summed E-state index contributed by atoms with van der Waals surface area (Å²) in [6, 6.07) is 5.24. The van der Waals surface area contributed by atoms with Crippen molar-refractivity contribution in [3.8, 4) is 10.8 Å². The molecule has 0 spiro atoms. The molecule has 0 unspecified atom stereocenters. The van der Waals surface area contributed by atoms with E-state index in [-0.39, 0.29) is 16.5 Å². The predicted octanol–water partition coefficient (Wildman–Crippen LogP) is 3.95. The van der Waals surface area contributed by atoms with Gasteiger partial charge in [0.1, 0.15) is 11.6 Å². The number of halogens is 1. The Hall–Kier alpha value is -1.99. The predicted molar refractivity (Wildman–Crippen MR) is 72.8 cm³/mol. The van der Waals surface area contributed by atoms with E-state index in [1.54, 1.807) is 6.92 Å². The minimum absolute atomic E-state index is 0.0274. The van der Waals surface area contributed by atoms with Crippen LogP contribution < -0.4 is 4.74 Å². The lowest BCUT2D eigenvalue weighted by Gasteiger charge is -2.06. The van der Waals surface area contributed by atoms with Crippen LogP contribution in [0, 0.1) is 22.9 Å². The summed E-state index contributed by atoms with van der Waals surface area (Å²) in [5.74, 6) is -0.271. The molecule has 1 heterocycles. The molecule has 2 rings (SSSR count). The first-order valence-corrected chi connectivity index (χ1v) is 6.60. The Labute approximate surface area is 118 Å². The summed E-state index contributed by atoms with van der Waals surface area (Å²) in [6.45, 7) is 3.22. The summed E-state index contributed by atoms with van der Waals surface area (Å²) in [4.78, 5) is 10.8. The lowest BCUT2D eigenvalue weighted by atomic mass is 10.2. The Balaban J connectivity index is 2.42. The average Bonchev–Trinajstić information content (AvgIpc) is 2.78. The maximum absolute atomic E-state index is 13.2. The molecule has 0 fully saturated rings. The maximum atomic E-state index is 13.2. The van der Waals surface area contributed by atoms with E-state index in [1.165, 1.54) is 31.2 Å². The van der Waals surface area contributed by atoms with Gasteiger partial charge >= 0.3 is 5.69 Å². The molecule has 5 nitrogen and oxygen atoms in total. The third kappa shape index (κ3) is 2.94. The zero-order valence-corrected chi connectivity index (χ0v) is 11.6. The molecule has 7 heteroatoms. The number of rotatable bonds is 4. The topological polar surface area (TPSA) is 72.6 Å². The third-order valence-corrected chi connectivity index (χ3v) is 3.83. The van der Waals surface area contributed by atoms with Gasteiger partial charge in [-0.3, -0.25) is 10.1 Å². The summed E-state index contributed by atoms with van der Waals surface area (Å²) in [6.07, 6.45) is -0.829. The summed E-state index contributed by atoms with van der Waals surface area (Å²) in [7, 11) is 0. The number of benzene rings is 1. The fourth-order valence-corrected chi connectivity index (χ4v) is 2.50. The Morgan fingerprint density at radius 3 is 2.75 bits per heavy atom. The lowest BCUT2D eigenvalue weighted by Crippen LogP contribution is -1.91. The van der Waals surface area contributed by atoms with Crippen molar-refractivity contribution in [3.63, 3.8) is 0 Å². The van der Waals surface area contributed by atoms with Crippen molar-refractivity contribution in [1.29, 1.82) is 0 Å². The van der Waals surface area contributed by atoms with Crippen LogP contribution in [0.3, 0.4) is 0 Å². The van der Waals surface area contributed by atoms with Gasteiger partial charge in [-0.05, 0) is 25.5 Å². The highest BCUT2D eigenvalue weighted by Gasteiger charge is 2.23. The van der Waals surface area contributed by atoms with E-state index < -0.39 is 16.8 Å². The minimum atomic E-state index is -0.829. The van der Waals surface area contributed by atoms with Crippen LogP contribution in [0.4, 0.5) is 10.1 Å². The molecule has 1 aromatic heterocycles. The number of nitrogens with zero attached hydrogens (tertiary/aromatic N) is 1. The molecular formula is C13H12FNO4S. The van der Waals surface area contributed by atoms with Crippen LogP contribution in [-0.4, -0.2) is 10.0 Å². The summed E-state index contributed by atoms with van der Waals surface area (Å²) < 4.78 is 18.6. The number of nitro groups is 1. The van der Waals surface area contributed by atoms with Gasteiger partial charge in [-0.25, -0.2) is 4.39 Å². The van der Waals surface area contributed by atoms with Crippen LogP contribution in [0.1, 0.15) is 23.5 Å². The van der Waals surface area contributed by atoms with Crippen molar-refractivity contribution in [2.75, 3.05) is 0 Å². The van der Waals surface area contributed by atoms with Gasteiger partial charge in [-0.2, -0.15) is 0 Å². The molecule has 0 aliphatic carbocycles. The van der Waals surface area contributed by atoms with Gasteiger partial charge in [-0.15, -0.1) is 0 Å². The Kier molecular flexibility index (Phi) is 4.01. The number of aryl methyl sites for hydroxylation is 1. The van der Waals surface area contributed by atoms with Gasteiger partial charge in [0.2, 0.25) is 0 Å². The zero-order valence-electron chi connectivity index (χ0n) is 10.8. The highest BCUT2D eigenvalue weighted by molar-refractivity contribution is 7.14. The lowest BCUT2D eigenvalue weighted by molar-refractivity contribution is -0.385. The molecule has 0 saturated heterocycles. The molecule has 20 heavy (non-hydrogen) atoms. The van der Waals surface area contributed by atoms with Crippen LogP contribution in [-0.2, 0) is 0 Å². The summed E-state index contributed by atoms with van der Waals surface area (Å²) in [5, 5.41) is 20.5. The SMILES string of the molecule is Cc1ccc(F)cc1Oc1sc([C@@H](C)O)cc1[N+](=O)[O-]. The Morgan fingerprint density at radius 2 is 2.15 bits per heavy atom. The van der Waals surface area contributed by atoms with Gasteiger partial charge in [0.25, 0.3) is 5.06 Å². The van der Waals surface area contributed by atoms with Gasteiger partial charge in [0, 0.05) is 17.0 Å². The van der Waals surface area contributed by atoms with E-state index in [1.807, 2.05) is 0 Å². The molecule has 1 atom stereocenters. The van der Waals surface area contributed by atoms with Gasteiger partial charge in [0.05, 0.1) is 11.0 Å². The highest BCUT2D eigenvalue weighted by atomic mass is 32.1. The number of hydrogen-bond donors (Lipinski definition) is 1. The second kappa shape index (κ2) is 5.56. The van der Waals surface area contributed by atoms with Crippen molar-refractivity contribution in [1.82, 2.24) is 0 Å². The van der Waals surface area contributed by atoms with Gasteiger partial charge < -0.3 is 9.84 Å². The monoisotopic (exact) mass is 297 g/mol. The van der Waals surface area contributed by atoms with E-state index in [0.717, 1.165) is 11.3 Å². The number of thiophene rings is 1. The Bertz CT molecular complexity index is 654. The third-order valence-electron chi connectivity index (χ3n) is 2.66. The molecule has 106 valence electrons. The molecular weight excluding hydrogens is 285 g/mol. The van der Waals surface area contributed by atoms with Crippen molar-refractivity contribution in [2.24, 2.45) is 0 Å².